The van der Waals surface area contributed by atoms with Crippen LogP contribution >= 0.6 is 0 Å². The van der Waals surface area contributed by atoms with Crippen LogP contribution in [0.3, 0.4) is 0 Å². The topological polar surface area (TPSA) is 29.9 Å². The molecule has 10 heavy (non-hydrogen) atoms. The lowest BCUT2D eigenvalue weighted by Crippen LogP contribution is -2.24. The van der Waals surface area contributed by atoms with Gasteiger partial charge in [-0.3, -0.25) is 0 Å². The number of hydrogen-bond donors (Lipinski definition) is 1. The first-order valence-electron chi connectivity index (χ1n) is 4.85. The van der Waals surface area contributed by atoms with E-state index in [9.17, 15) is 0 Å². The van der Waals surface area contributed by atoms with Gasteiger partial charge in [-0.1, -0.05) is 0 Å². The maximum atomic E-state index is 7.27. The summed E-state index contributed by atoms with van der Waals surface area (Å²) in [7, 11) is 0. The Morgan fingerprint density at radius 1 is 1.90 bits per heavy atom. The molecule has 1 aromatic rings. The molecule has 0 radical (unpaired) electrons. The van der Waals surface area contributed by atoms with Gasteiger partial charge >= 0.3 is 0 Å². The van der Waals surface area contributed by atoms with Gasteiger partial charge < -0.3 is 9.88 Å². The molecule has 0 aliphatic carbocycles. The van der Waals surface area contributed by atoms with E-state index in [1.165, 1.54) is 10.9 Å². The highest BCUT2D eigenvalue weighted by atomic mass is 15.1. The van der Waals surface area contributed by atoms with Crippen molar-refractivity contribution in [1.29, 1.82) is 0 Å². The summed E-state index contributed by atoms with van der Waals surface area (Å²) >= 11 is 0. The van der Waals surface area contributed by atoms with Crippen molar-refractivity contribution in [3.63, 3.8) is 0 Å². The second-order valence-corrected chi connectivity index (χ2v) is 2.43. The second kappa shape index (κ2) is 2.09. The zero-order valence-electron chi connectivity index (χ0n) is 8.59. The number of fused-ring (bicyclic) bond motifs is 1. The summed E-state index contributed by atoms with van der Waals surface area (Å²) in [5, 5.41) is 3.15. The van der Waals surface area contributed by atoms with Gasteiger partial charge in [-0.15, -0.1) is 0 Å². The standard InChI is InChI=1S/C7H11N3/c1-10-5-9-6-4-8-3-2-7(6)10/h5,8H,2-4H2,1H3/i1D3. The van der Waals surface area contributed by atoms with Crippen molar-refractivity contribution in [2.24, 2.45) is 6.98 Å². The average molecular weight is 140 g/mol. The van der Waals surface area contributed by atoms with Crippen molar-refractivity contribution < 1.29 is 4.11 Å². The number of nitrogens with zero attached hydrogens (tertiary/aromatic N) is 2. The van der Waals surface area contributed by atoms with Gasteiger partial charge in [0.1, 0.15) is 0 Å². The lowest BCUT2D eigenvalue weighted by molar-refractivity contribution is 0.612. The minimum Gasteiger partial charge on any atom is -0.337 e. The fraction of sp³-hybridized carbons (Fsp3) is 0.571. The third-order valence-electron chi connectivity index (χ3n) is 1.78. The fourth-order valence-electron chi connectivity index (χ4n) is 1.24. The molecule has 0 atom stereocenters. The van der Waals surface area contributed by atoms with Crippen molar-refractivity contribution in [2.75, 3.05) is 6.54 Å². The average Bonchev–Trinajstić information content (AvgIpc) is 2.45. The van der Waals surface area contributed by atoms with Crippen molar-refractivity contribution in [3.8, 4) is 0 Å². The lowest BCUT2D eigenvalue weighted by atomic mass is 10.2. The Labute approximate surface area is 64.3 Å². The van der Waals surface area contributed by atoms with E-state index in [2.05, 4.69) is 10.3 Å². The van der Waals surface area contributed by atoms with Crippen LogP contribution in [0.15, 0.2) is 6.33 Å². The zero-order valence-corrected chi connectivity index (χ0v) is 5.59. The molecule has 0 saturated heterocycles. The third kappa shape index (κ3) is 0.743. The molecular weight excluding hydrogens is 126 g/mol. The van der Waals surface area contributed by atoms with Gasteiger partial charge in [0.15, 0.2) is 0 Å². The van der Waals surface area contributed by atoms with E-state index >= 15 is 0 Å². The molecule has 2 heterocycles. The maximum absolute atomic E-state index is 7.27. The third-order valence-corrected chi connectivity index (χ3v) is 1.78. The number of imidazole rings is 1. The Balaban J connectivity index is 2.43. The van der Waals surface area contributed by atoms with E-state index < -0.39 is 6.98 Å². The molecule has 1 aliphatic heterocycles. The normalized spacial score (nSPS) is 22.6. The highest BCUT2D eigenvalue weighted by Crippen LogP contribution is 2.09. The Bertz CT molecular complexity index is 315. The molecule has 0 spiro atoms. The SMILES string of the molecule is [2H]C([2H])([2H])n1cnc2c1CCNC2. The molecule has 0 fully saturated rings. The van der Waals surface area contributed by atoms with Crippen molar-refractivity contribution in [2.45, 2.75) is 13.0 Å². The lowest BCUT2D eigenvalue weighted by Gasteiger charge is -2.12. The predicted molar refractivity (Wildman–Crippen MR) is 38.6 cm³/mol. The monoisotopic (exact) mass is 140 g/mol. The van der Waals surface area contributed by atoms with Gasteiger partial charge in [-0.25, -0.2) is 4.98 Å². The number of aryl methyl sites for hydroxylation is 1. The molecule has 0 bridgehead atoms. The highest BCUT2D eigenvalue weighted by Gasteiger charge is 2.11. The van der Waals surface area contributed by atoms with Crippen LogP contribution < -0.4 is 5.32 Å². The van der Waals surface area contributed by atoms with Crippen LogP contribution in [0.4, 0.5) is 0 Å². The molecule has 54 valence electrons. The smallest absolute Gasteiger partial charge is 0.0949 e. The molecule has 1 N–H and O–H groups in total. The van der Waals surface area contributed by atoms with E-state index in [4.69, 9.17) is 4.11 Å². The largest absolute Gasteiger partial charge is 0.337 e. The first kappa shape index (κ1) is 3.53. The summed E-state index contributed by atoms with van der Waals surface area (Å²) in [6.07, 6.45) is 2.15. The van der Waals surface area contributed by atoms with Crippen LogP contribution in [-0.2, 0) is 19.9 Å². The van der Waals surface area contributed by atoms with E-state index in [1.807, 2.05) is 0 Å². The van der Waals surface area contributed by atoms with Gasteiger partial charge in [0, 0.05) is 36.3 Å². The maximum Gasteiger partial charge on any atom is 0.0949 e. The Hall–Kier alpha value is -0.830. The predicted octanol–water partition coefficient (Wildman–Crippen LogP) is 0.0658. The fourth-order valence-corrected chi connectivity index (χ4v) is 1.24. The van der Waals surface area contributed by atoms with Gasteiger partial charge in [0.05, 0.1) is 12.0 Å². The Morgan fingerprint density at radius 3 is 3.80 bits per heavy atom. The molecular formula is C7H11N3. The first-order chi connectivity index (χ1) is 6.09. The van der Waals surface area contributed by atoms with E-state index in [1.54, 1.807) is 0 Å². The highest BCUT2D eigenvalue weighted by molar-refractivity contribution is 5.15. The molecule has 0 unspecified atom stereocenters. The summed E-state index contributed by atoms with van der Waals surface area (Å²) < 4.78 is 23.1. The molecule has 0 aromatic carbocycles. The van der Waals surface area contributed by atoms with Crippen LogP contribution in [0.25, 0.3) is 0 Å². The molecule has 0 saturated carbocycles. The molecule has 0 amide bonds. The van der Waals surface area contributed by atoms with E-state index in [-0.39, 0.29) is 0 Å². The van der Waals surface area contributed by atoms with Crippen LogP contribution in [0.5, 0.6) is 0 Å². The van der Waals surface area contributed by atoms with Gasteiger partial charge in [0.25, 0.3) is 0 Å². The van der Waals surface area contributed by atoms with Crippen molar-refractivity contribution in [1.82, 2.24) is 14.9 Å². The molecule has 2 rings (SSSR count). The van der Waals surface area contributed by atoms with Crippen LogP contribution in [0, 0.1) is 0 Å². The van der Waals surface area contributed by atoms with Gasteiger partial charge in [-0.2, -0.15) is 0 Å². The van der Waals surface area contributed by atoms with Crippen molar-refractivity contribution >= 4 is 0 Å². The summed E-state index contributed by atoms with van der Waals surface area (Å²) in [6.45, 7) is -0.578. The number of hydrogen-bond acceptors (Lipinski definition) is 2. The Kier molecular flexibility index (Phi) is 0.738. The van der Waals surface area contributed by atoms with Crippen LogP contribution in [-0.4, -0.2) is 16.1 Å². The molecule has 1 aliphatic rings. The quantitative estimate of drug-likeness (QED) is 0.552. The van der Waals surface area contributed by atoms with Crippen molar-refractivity contribution in [3.05, 3.63) is 17.7 Å². The Morgan fingerprint density at radius 2 is 2.90 bits per heavy atom. The molecule has 1 aromatic heterocycles. The zero-order chi connectivity index (χ0) is 9.47. The van der Waals surface area contributed by atoms with Crippen LogP contribution in [0.1, 0.15) is 15.5 Å². The molecule has 3 heteroatoms. The number of nitrogens with one attached hydrogen (secondary N) is 1. The van der Waals surface area contributed by atoms with Gasteiger partial charge in [0.2, 0.25) is 0 Å². The van der Waals surface area contributed by atoms with E-state index in [0.717, 1.165) is 24.4 Å². The summed E-state index contributed by atoms with van der Waals surface area (Å²) in [6, 6.07) is 0. The summed E-state index contributed by atoms with van der Waals surface area (Å²) in [5.41, 5.74) is 1.71. The van der Waals surface area contributed by atoms with E-state index in [0.29, 0.717) is 6.54 Å². The summed E-state index contributed by atoms with van der Waals surface area (Å²) in [5.74, 6) is 0. The van der Waals surface area contributed by atoms with Crippen LogP contribution in [0.2, 0.25) is 0 Å². The van der Waals surface area contributed by atoms with Gasteiger partial charge in [-0.05, 0) is 0 Å². The number of aromatic nitrogens is 2. The molecule has 3 nitrogen and oxygen atoms in total. The summed E-state index contributed by atoms with van der Waals surface area (Å²) in [4.78, 5) is 4.06. The second-order valence-electron chi connectivity index (χ2n) is 2.43. The minimum atomic E-state index is -2.09. The number of rotatable bonds is 0. The first-order valence-corrected chi connectivity index (χ1v) is 3.35. The minimum absolute atomic E-state index is 0.679.